The number of benzene rings is 1. The minimum Gasteiger partial charge on any atom is -0.463 e. The Kier molecular flexibility index (Phi) is 7.89. The second-order valence-electron chi connectivity index (χ2n) is 12.8. The van der Waals surface area contributed by atoms with Gasteiger partial charge in [-0.1, -0.05) is 13.8 Å². The number of pyridine rings is 1. The van der Waals surface area contributed by atoms with Crippen LogP contribution < -0.4 is 20.7 Å². The van der Waals surface area contributed by atoms with Crippen LogP contribution in [-0.4, -0.2) is 77.7 Å². The highest BCUT2D eigenvalue weighted by molar-refractivity contribution is 7.23. The standard InChI is InChI=1S/C32H34F4N8OS/c1-3-43-9-8-21(28(35)36)32(2,14-43)15-45-31-41-26-20(30(42-31)44-12-16-4-5-17(13-44)40-16)11-39-25(24(26)34)18-6-7-22(33)27-23(18)19(10-37)29(38)46-27/h6-7,11,16-17,21,28,40H,3-5,8-9,12-15,38H2,1-2H3/t16-,17+,21-,32+/m1/s1. The largest absolute Gasteiger partial charge is 0.463 e. The van der Waals surface area contributed by atoms with E-state index in [-0.39, 0.29) is 62.1 Å². The number of rotatable bonds is 7. The number of ether oxygens (including phenoxy) is 1. The van der Waals surface area contributed by atoms with E-state index in [2.05, 4.69) is 25.1 Å². The number of halogens is 4. The zero-order valence-electron chi connectivity index (χ0n) is 25.5. The molecule has 14 heteroatoms. The molecular weight excluding hydrogens is 620 g/mol. The molecule has 46 heavy (non-hydrogen) atoms. The maximum atomic E-state index is 16.7. The fourth-order valence-corrected chi connectivity index (χ4v) is 8.39. The van der Waals surface area contributed by atoms with Crippen LogP contribution in [0.4, 0.5) is 28.4 Å². The fraction of sp³-hybridized carbons (Fsp3) is 0.500. The number of nitrogens with one attached hydrogen (secondary N) is 1. The molecule has 0 aliphatic carbocycles. The Labute approximate surface area is 267 Å². The monoisotopic (exact) mass is 654 g/mol. The molecule has 242 valence electrons. The molecule has 9 nitrogen and oxygen atoms in total. The number of aromatic nitrogens is 3. The molecule has 2 bridgehead atoms. The average Bonchev–Trinajstić information content (AvgIpc) is 3.57. The first-order valence-electron chi connectivity index (χ1n) is 15.5. The third-order valence-corrected chi connectivity index (χ3v) is 10.9. The molecule has 3 fully saturated rings. The number of nitrogens with two attached hydrogens (primary N) is 1. The Morgan fingerprint density at radius 1 is 1.20 bits per heavy atom. The lowest BCUT2D eigenvalue weighted by Crippen LogP contribution is -2.52. The third-order valence-electron chi connectivity index (χ3n) is 9.86. The average molecular weight is 655 g/mol. The van der Waals surface area contributed by atoms with Crippen molar-refractivity contribution in [1.29, 1.82) is 5.26 Å². The van der Waals surface area contributed by atoms with E-state index in [4.69, 9.17) is 15.5 Å². The van der Waals surface area contributed by atoms with Crippen LogP contribution in [0.15, 0.2) is 18.3 Å². The Bertz CT molecular complexity index is 1850. The molecule has 6 heterocycles. The molecule has 0 unspecified atom stereocenters. The molecule has 3 saturated heterocycles. The van der Waals surface area contributed by atoms with E-state index in [1.54, 1.807) is 6.92 Å². The summed E-state index contributed by atoms with van der Waals surface area (Å²) in [6.07, 6.45) is 1.34. The van der Waals surface area contributed by atoms with E-state index in [0.717, 1.165) is 30.7 Å². The molecule has 7 rings (SSSR count). The van der Waals surface area contributed by atoms with Crippen molar-refractivity contribution in [3.63, 3.8) is 0 Å². The Balaban J connectivity index is 1.35. The van der Waals surface area contributed by atoms with Crippen LogP contribution in [0.2, 0.25) is 0 Å². The normalized spacial score (nSPS) is 25.1. The molecule has 3 aliphatic heterocycles. The lowest BCUT2D eigenvalue weighted by Gasteiger charge is -2.45. The first kappa shape index (κ1) is 30.8. The van der Waals surface area contributed by atoms with E-state index in [9.17, 15) is 18.4 Å². The highest BCUT2D eigenvalue weighted by Crippen LogP contribution is 2.43. The van der Waals surface area contributed by atoms with Gasteiger partial charge >= 0.3 is 6.01 Å². The molecule has 4 atom stereocenters. The summed E-state index contributed by atoms with van der Waals surface area (Å²) in [5.74, 6) is -1.80. The minimum atomic E-state index is -2.51. The van der Waals surface area contributed by atoms with E-state index < -0.39 is 29.4 Å². The number of piperidine rings is 1. The van der Waals surface area contributed by atoms with Crippen molar-refractivity contribution in [2.75, 3.05) is 50.0 Å². The van der Waals surface area contributed by atoms with E-state index >= 15 is 4.39 Å². The maximum Gasteiger partial charge on any atom is 0.319 e. The van der Waals surface area contributed by atoms with Gasteiger partial charge in [-0.15, -0.1) is 11.3 Å². The zero-order chi connectivity index (χ0) is 32.3. The van der Waals surface area contributed by atoms with E-state index in [0.29, 0.717) is 43.8 Å². The lowest BCUT2D eigenvalue weighted by atomic mass is 9.73. The summed E-state index contributed by atoms with van der Waals surface area (Å²) in [6.45, 7) is 6.74. The van der Waals surface area contributed by atoms with E-state index in [1.807, 2.05) is 13.0 Å². The van der Waals surface area contributed by atoms with Crippen molar-refractivity contribution >= 4 is 43.1 Å². The van der Waals surface area contributed by atoms with Crippen molar-refractivity contribution in [2.45, 2.75) is 51.6 Å². The highest BCUT2D eigenvalue weighted by atomic mass is 32.1. The molecule has 3 N–H and O–H groups in total. The zero-order valence-corrected chi connectivity index (χ0v) is 26.3. The second kappa shape index (κ2) is 11.8. The molecule has 0 radical (unpaired) electrons. The third kappa shape index (κ3) is 5.18. The molecular formula is C32H34F4N8OS. The van der Waals surface area contributed by atoms with Gasteiger partial charge in [0.1, 0.15) is 33.9 Å². The number of thiophene rings is 1. The topological polar surface area (TPSA) is 116 Å². The predicted octanol–water partition coefficient (Wildman–Crippen LogP) is 5.57. The lowest BCUT2D eigenvalue weighted by molar-refractivity contribution is -0.0721. The fourth-order valence-electron chi connectivity index (χ4n) is 7.44. The van der Waals surface area contributed by atoms with Crippen LogP contribution in [0.3, 0.4) is 0 Å². The van der Waals surface area contributed by atoms with Crippen molar-refractivity contribution in [2.24, 2.45) is 11.3 Å². The summed E-state index contributed by atoms with van der Waals surface area (Å²) >= 11 is 0.917. The van der Waals surface area contributed by atoms with Gasteiger partial charge in [0.2, 0.25) is 6.43 Å². The van der Waals surface area contributed by atoms with Crippen LogP contribution >= 0.6 is 11.3 Å². The van der Waals surface area contributed by atoms with Crippen molar-refractivity contribution in [3.05, 3.63) is 35.5 Å². The number of fused-ring (bicyclic) bond motifs is 4. The van der Waals surface area contributed by atoms with Crippen molar-refractivity contribution in [1.82, 2.24) is 25.2 Å². The van der Waals surface area contributed by atoms with Crippen LogP contribution in [0.5, 0.6) is 6.01 Å². The van der Waals surface area contributed by atoms with Crippen LogP contribution in [0, 0.1) is 34.3 Å². The molecule has 4 aromatic rings. The van der Waals surface area contributed by atoms with Gasteiger partial charge in [-0.2, -0.15) is 15.2 Å². The van der Waals surface area contributed by atoms with Gasteiger partial charge in [0.15, 0.2) is 5.82 Å². The Morgan fingerprint density at radius 2 is 1.96 bits per heavy atom. The van der Waals surface area contributed by atoms with Crippen molar-refractivity contribution in [3.8, 4) is 23.3 Å². The van der Waals surface area contributed by atoms with Crippen LogP contribution in [0.25, 0.3) is 32.2 Å². The van der Waals surface area contributed by atoms with Gasteiger partial charge in [0.05, 0.1) is 22.3 Å². The number of anilines is 2. The number of hydrogen-bond acceptors (Lipinski definition) is 10. The number of nitrogens with zero attached hydrogens (tertiary/aromatic N) is 6. The smallest absolute Gasteiger partial charge is 0.319 e. The summed E-state index contributed by atoms with van der Waals surface area (Å²) in [6, 6.07) is 4.97. The molecule has 0 spiro atoms. The minimum absolute atomic E-state index is 0.0509. The number of nitriles is 1. The van der Waals surface area contributed by atoms with Gasteiger partial charge < -0.3 is 25.6 Å². The van der Waals surface area contributed by atoms with Crippen LogP contribution in [-0.2, 0) is 0 Å². The van der Waals surface area contributed by atoms with E-state index in [1.165, 1.54) is 18.3 Å². The highest BCUT2D eigenvalue weighted by Gasteiger charge is 2.45. The SMILES string of the molecule is CCN1CC[C@H](C(F)F)[C@](C)(COc2nc(N3C[C@H]4CC[C@@H](C3)N4)c3cnc(-c4ccc(F)c5sc(N)c(C#N)c45)c(F)c3n2)C1. The number of alkyl halides is 2. The number of hydrogen-bond donors (Lipinski definition) is 2. The van der Waals surface area contributed by atoms with Gasteiger partial charge in [-0.25, -0.2) is 17.6 Å². The van der Waals surface area contributed by atoms with Gasteiger partial charge in [0.25, 0.3) is 0 Å². The number of likely N-dealkylation sites (tertiary alicyclic amines) is 1. The first-order chi connectivity index (χ1) is 22.1. The van der Waals surface area contributed by atoms with Gasteiger partial charge in [-0.3, -0.25) is 4.98 Å². The van der Waals surface area contributed by atoms with Crippen molar-refractivity contribution < 1.29 is 22.3 Å². The quantitative estimate of drug-likeness (QED) is 0.247. The second-order valence-corrected chi connectivity index (χ2v) is 13.9. The summed E-state index contributed by atoms with van der Waals surface area (Å²) in [5.41, 5.74) is 5.21. The molecule has 0 saturated carbocycles. The molecule has 1 aromatic carbocycles. The summed E-state index contributed by atoms with van der Waals surface area (Å²) < 4.78 is 66.1. The summed E-state index contributed by atoms with van der Waals surface area (Å²) in [7, 11) is 0. The number of nitrogen functional groups attached to an aromatic ring is 1. The number of piperazine rings is 1. The first-order valence-corrected chi connectivity index (χ1v) is 16.3. The molecule has 3 aromatic heterocycles. The van der Waals surface area contributed by atoms with Crippen LogP contribution in [0.1, 0.15) is 38.7 Å². The van der Waals surface area contributed by atoms with Gasteiger partial charge in [0, 0.05) is 60.2 Å². The Morgan fingerprint density at radius 3 is 2.65 bits per heavy atom. The molecule has 3 aliphatic rings. The summed E-state index contributed by atoms with van der Waals surface area (Å²) in [4.78, 5) is 17.9. The summed E-state index contributed by atoms with van der Waals surface area (Å²) in [5, 5.41) is 14.0. The molecule has 0 amide bonds. The predicted molar refractivity (Wildman–Crippen MR) is 169 cm³/mol. The maximum absolute atomic E-state index is 16.7. The van der Waals surface area contributed by atoms with Gasteiger partial charge in [-0.05, 0) is 44.5 Å². The Hall–Kier alpha value is -3.80.